The van der Waals surface area contributed by atoms with Crippen LogP contribution in [-0.2, 0) is 19.4 Å². The predicted octanol–water partition coefficient (Wildman–Crippen LogP) is 5.05. The maximum atomic E-state index is 12.5. The Labute approximate surface area is 176 Å². The summed E-state index contributed by atoms with van der Waals surface area (Å²) in [5, 5.41) is 9.44. The molecule has 3 rings (SSSR count). The zero-order valence-corrected chi connectivity index (χ0v) is 17.4. The van der Waals surface area contributed by atoms with E-state index in [0.29, 0.717) is 18.5 Å². The van der Waals surface area contributed by atoms with Gasteiger partial charge in [-0.1, -0.05) is 61.9 Å². The molecule has 1 heterocycles. The number of nitrogens with zero attached hydrogens (tertiary/aromatic N) is 1. The molecule has 156 valence electrons. The van der Waals surface area contributed by atoms with Crippen molar-refractivity contribution in [2.45, 2.75) is 45.6 Å². The van der Waals surface area contributed by atoms with Crippen LogP contribution >= 0.6 is 0 Å². The van der Waals surface area contributed by atoms with Gasteiger partial charge >= 0.3 is 11.7 Å². The largest absolute Gasteiger partial charge is 0.478 e. The fraction of sp³-hybridized carbons (Fsp3) is 0.280. The van der Waals surface area contributed by atoms with Gasteiger partial charge in [-0.15, -0.1) is 6.58 Å². The fourth-order valence-electron chi connectivity index (χ4n) is 3.68. The van der Waals surface area contributed by atoms with Crippen molar-refractivity contribution in [1.29, 1.82) is 0 Å². The standard InChI is InChI=1S/C25H28N2O3/c1-3-5-11-22-23(27(16-6-4-2)25(30)26-22)17-18-12-14-19(15-13-18)20-9-7-8-10-21(20)24(28)29/h3,7-10,12-15H,1,4-6,11,16-17H2,2H3,(H,26,30)(H,28,29). The number of carboxylic acid groups (broad SMARTS) is 1. The molecule has 0 aliphatic carbocycles. The summed E-state index contributed by atoms with van der Waals surface area (Å²) in [6.45, 7) is 6.61. The van der Waals surface area contributed by atoms with Crippen molar-refractivity contribution in [3.05, 3.63) is 94.2 Å². The maximum Gasteiger partial charge on any atom is 0.336 e. The number of carbonyl (C=O) groups is 1. The summed E-state index contributed by atoms with van der Waals surface area (Å²) in [6, 6.07) is 14.9. The van der Waals surface area contributed by atoms with Crippen LogP contribution in [0.5, 0.6) is 0 Å². The first-order chi connectivity index (χ1) is 14.5. The van der Waals surface area contributed by atoms with Crippen molar-refractivity contribution in [3.8, 4) is 11.1 Å². The molecular weight excluding hydrogens is 376 g/mol. The average Bonchev–Trinajstić information content (AvgIpc) is 3.05. The smallest absolute Gasteiger partial charge is 0.336 e. The molecule has 5 heteroatoms. The van der Waals surface area contributed by atoms with Crippen molar-refractivity contribution >= 4 is 5.97 Å². The molecule has 5 nitrogen and oxygen atoms in total. The van der Waals surface area contributed by atoms with Crippen LogP contribution in [0, 0.1) is 0 Å². The lowest BCUT2D eigenvalue weighted by molar-refractivity contribution is 0.0697. The number of aryl methyl sites for hydroxylation is 1. The molecule has 0 saturated carbocycles. The lowest BCUT2D eigenvalue weighted by Crippen LogP contribution is -2.19. The highest BCUT2D eigenvalue weighted by molar-refractivity contribution is 5.95. The number of carboxylic acids is 1. The Balaban J connectivity index is 1.91. The summed E-state index contributed by atoms with van der Waals surface area (Å²) >= 11 is 0. The number of aromatic nitrogens is 2. The minimum absolute atomic E-state index is 0.0514. The number of imidazole rings is 1. The average molecular weight is 405 g/mol. The number of hydrogen-bond acceptors (Lipinski definition) is 2. The number of aromatic carboxylic acids is 1. The van der Waals surface area contributed by atoms with Gasteiger partial charge in [-0.05, 0) is 42.0 Å². The molecule has 0 aliphatic heterocycles. The first-order valence-corrected chi connectivity index (χ1v) is 10.4. The van der Waals surface area contributed by atoms with Gasteiger partial charge in [0.15, 0.2) is 0 Å². The molecule has 0 saturated heterocycles. The number of H-pyrrole nitrogens is 1. The molecule has 30 heavy (non-hydrogen) atoms. The molecule has 0 aliphatic rings. The Kier molecular flexibility index (Phi) is 7.07. The Morgan fingerprint density at radius 1 is 1.17 bits per heavy atom. The second kappa shape index (κ2) is 9.92. The summed E-state index contributed by atoms with van der Waals surface area (Å²) in [5.41, 5.74) is 4.87. The van der Waals surface area contributed by atoms with Gasteiger partial charge in [-0.25, -0.2) is 9.59 Å². The summed E-state index contributed by atoms with van der Waals surface area (Å²) in [5.74, 6) is -0.936. The van der Waals surface area contributed by atoms with Crippen LogP contribution in [0.4, 0.5) is 0 Å². The zero-order valence-electron chi connectivity index (χ0n) is 17.4. The van der Waals surface area contributed by atoms with Gasteiger partial charge in [-0.3, -0.25) is 4.57 Å². The van der Waals surface area contributed by atoms with E-state index in [1.807, 2.05) is 47.0 Å². The molecular formula is C25H28N2O3. The van der Waals surface area contributed by atoms with Crippen molar-refractivity contribution in [1.82, 2.24) is 9.55 Å². The summed E-state index contributed by atoms with van der Waals surface area (Å²) < 4.78 is 1.86. The topological polar surface area (TPSA) is 75.1 Å². The van der Waals surface area contributed by atoms with E-state index in [2.05, 4.69) is 18.5 Å². The molecule has 0 atom stereocenters. The van der Waals surface area contributed by atoms with E-state index in [0.717, 1.165) is 48.2 Å². The van der Waals surface area contributed by atoms with Crippen LogP contribution in [0.2, 0.25) is 0 Å². The van der Waals surface area contributed by atoms with Gasteiger partial charge < -0.3 is 10.1 Å². The third-order valence-electron chi connectivity index (χ3n) is 5.30. The third kappa shape index (κ3) is 4.79. The van der Waals surface area contributed by atoms with Crippen LogP contribution in [0.1, 0.15) is 53.5 Å². The first-order valence-electron chi connectivity index (χ1n) is 10.4. The molecule has 0 bridgehead atoms. The van der Waals surface area contributed by atoms with E-state index < -0.39 is 5.97 Å². The van der Waals surface area contributed by atoms with Crippen LogP contribution in [-0.4, -0.2) is 20.6 Å². The predicted molar refractivity (Wildman–Crippen MR) is 120 cm³/mol. The van der Waals surface area contributed by atoms with Crippen LogP contribution in [0.15, 0.2) is 66.0 Å². The molecule has 0 amide bonds. The van der Waals surface area contributed by atoms with Crippen LogP contribution < -0.4 is 5.69 Å². The van der Waals surface area contributed by atoms with Gasteiger partial charge in [0.25, 0.3) is 0 Å². The van der Waals surface area contributed by atoms with E-state index in [4.69, 9.17) is 0 Å². The highest BCUT2D eigenvalue weighted by Crippen LogP contribution is 2.25. The van der Waals surface area contributed by atoms with Gasteiger partial charge in [0, 0.05) is 24.4 Å². The van der Waals surface area contributed by atoms with Crippen molar-refractivity contribution in [2.24, 2.45) is 0 Å². The zero-order chi connectivity index (χ0) is 21.5. The number of aromatic amines is 1. The Morgan fingerprint density at radius 3 is 2.57 bits per heavy atom. The fourth-order valence-corrected chi connectivity index (χ4v) is 3.68. The highest BCUT2D eigenvalue weighted by atomic mass is 16.4. The van der Waals surface area contributed by atoms with Crippen LogP contribution in [0.25, 0.3) is 11.1 Å². The van der Waals surface area contributed by atoms with Gasteiger partial charge in [-0.2, -0.15) is 0 Å². The third-order valence-corrected chi connectivity index (χ3v) is 5.30. The lowest BCUT2D eigenvalue weighted by atomic mass is 9.97. The molecule has 2 aromatic carbocycles. The van der Waals surface area contributed by atoms with Crippen molar-refractivity contribution in [2.75, 3.05) is 0 Å². The number of hydrogen-bond donors (Lipinski definition) is 2. The van der Waals surface area contributed by atoms with Gasteiger partial charge in [0.05, 0.1) is 5.56 Å². The van der Waals surface area contributed by atoms with E-state index in [-0.39, 0.29) is 11.3 Å². The number of rotatable bonds is 10. The minimum atomic E-state index is -0.936. The van der Waals surface area contributed by atoms with E-state index >= 15 is 0 Å². The summed E-state index contributed by atoms with van der Waals surface area (Å²) in [7, 11) is 0. The summed E-state index contributed by atoms with van der Waals surface area (Å²) in [6.07, 6.45) is 6.06. The molecule has 0 spiro atoms. The summed E-state index contributed by atoms with van der Waals surface area (Å²) in [4.78, 5) is 27.0. The van der Waals surface area contributed by atoms with Gasteiger partial charge in [0.2, 0.25) is 0 Å². The minimum Gasteiger partial charge on any atom is -0.478 e. The Bertz CT molecular complexity index is 1070. The monoisotopic (exact) mass is 404 g/mol. The molecule has 0 unspecified atom stereocenters. The van der Waals surface area contributed by atoms with Gasteiger partial charge in [0.1, 0.15) is 0 Å². The SMILES string of the molecule is C=CCCc1[nH]c(=O)n(CCCC)c1Cc1ccc(-c2ccccc2C(=O)O)cc1. The molecule has 0 fully saturated rings. The first kappa shape index (κ1) is 21.4. The number of allylic oxidation sites excluding steroid dienone is 1. The molecule has 0 radical (unpaired) electrons. The second-order valence-electron chi connectivity index (χ2n) is 7.41. The molecule has 2 N–H and O–H groups in total. The maximum absolute atomic E-state index is 12.5. The Hall–Kier alpha value is -3.34. The van der Waals surface area contributed by atoms with E-state index in [1.165, 1.54) is 0 Å². The number of nitrogens with one attached hydrogen (secondary N) is 1. The number of unbranched alkanes of at least 4 members (excludes halogenated alkanes) is 1. The normalized spacial score (nSPS) is 10.8. The van der Waals surface area contributed by atoms with E-state index in [1.54, 1.807) is 12.1 Å². The van der Waals surface area contributed by atoms with E-state index in [9.17, 15) is 14.7 Å². The second-order valence-corrected chi connectivity index (χ2v) is 7.41. The number of benzene rings is 2. The molecule has 1 aromatic heterocycles. The van der Waals surface area contributed by atoms with Crippen molar-refractivity contribution in [3.63, 3.8) is 0 Å². The molecule has 3 aromatic rings. The van der Waals surface area contributed by atoms with Crippen LogP contribution in [0.3, 0.4) is 0 Å². The lowest BCUT2D eigenvalue weighted by Gasteiger charge is -2.11. The quantitative estimate of drug-likeness (QED) is 0.464. The van der Waals surface area contributed by atoms with Crippen molar-refractivity contribution < 1.29 is 9.90 Å². The highest BCUT2D eigenvalue weighted by Gasteiger charge is 2.15. The Morgan fingerprint density at radius 2 is 1.90 bits per heavy atom.